The molecule has 154 valence electrons. The highest BCUT2D eigenvalue weighted by molar-refractivity contribution is 5.79. The maximum atomic E-state index is 14.5. The van der Waals surface area contributed by atoms with Crippen LogP contribution < -0.4 is 5.73 Å². The van der Waals surface area contributed by atoms with Gasteiger partial charge in [0.15, 0.2) is 0 Å². The van der Waals surface area contributed by atoms with Crippen LogP contribution in [0.15, 0.2) is 30.5 Å². The van der Waals surface area contributed by atoms with Crippen LogP contribution in [0, 0.1) is 5.82 Å². The number of piperidine rings is 1. The standard InChI is InChI=1S/C21H26FN5O2/c22-17-6-2-1-5-15(17)16-13-24-21(23)25-20(16)18-7-3-4-8-27(18)19(28)14-26-9-11-29-12-10-26/h1-2,5-6,13,18H,3-4,7-12,14H2,(H2,23,24,25). The number of rotatable bonds is 4. The molecule has 7 nitrogen and oxygen atoms in total. The highest BCUT2D eigenvalue weighted by Crippen LogP contribution is 2.36. The number of hydrogen-bond acceptors (Lipinski definition) is 6. The molecule has 1 unspecified atom stereocenters. The van der Waals surface area contributed by atoms with Crippen molar-refractivity contribution in [1.82, 2.24) is 19.8 Å². The molecule has 2 fully saturated rings. The van der Waals surface area contributed by atoms with Crippen molar-refractivity contribution in [2.75, 3.05) is 45.1 Å². The fraction of sp³-hybridized carbons (Fsp3) is 0.476. The number of halogens is 1. The molecule has 2 aliphatic heterocycles. The fourth-order valence-corrected chi connectivity index (χ4v) is 4.11. The van der Waals surface area contributed by atoms with Gasteiger partial charge >= 0.3 is 0 Å². The second-order valence-electron chi connectivity index (χ2n) is 7.49. The van der Waals surface area contributed by atoms with E-state index >= 15 is 0 Å². The van der Waals surface area contributed by atoms with Gasteiger partial charge in [0.2, 0.25) is 11.9 Å². The predicted molar refractivity (Wildman–Crippen MR) is 107 cm³/mol. The number of anilines is 1. The Kier molecular flexibility index (Phi) is 6.01. The summed E-state index contributed by atoms with van der Waals surface area (Å²) in [5.74, 6) is -0.149. The summed E-state index contributed by atoms with van der Waals surface area (Å²) in [5.41, 5.74) is 7.52. The van der Waals surface area contributed by atoms with Gasteiger partial charge in [0.05, 0.1) is 31.5 Å². The molecular formula is C21H26FN5O2. The zero-order valence-corrected chi connectivity index (χ0v) is 16.4. The summed E-state index contributed by atoms with van der Waals surface area (Å²) >= 11 is 0. The normalized spacial score (nSPS) is 20.6. The van der Waals surface area contributed by atoms with Crippen LogP contribution in [-0.2, 0) is 9.53 Å². The second-order valence-corrected chi connectivity index (χ2v) is 7.49. The Balaban J connectivity index is 1.65. The molecular weight excluding hydrogens is 373 g/mol. The third kappa shape index (κ3) is 4.38. The molecule has 0 spiro atoms. The van der Waals surface area contributed by atoms with Gasteiger partial charge in [-0.25, -0.2) is 14.4 Å². The van der Waals surface area contributed by atoms with E-state index in [4.69, 9.17) is 10.5 Å². The summed E-state index contributed by atoms with van der Waals surface area (Å²) in [7, 11) is 0. The van der Waals surface area contributed by atoms with Crippen molar-refractivity contribution in [2.24, 2.45) is 0 Å². The topological polar surface area (TPSA) is 84.6 Å². The van der Waals surface area contributed by atoms with E-state index in [1.165, 1.54) is 6.07 Å². The number of aromatic nitrogens is 2. The van der Waals surface area contributed by atoms with Crippen LogP contribution >= 0.6 is 0 Å². The molecule has 0 bridgehead atoms. The third-order valence-electron chi connectivity index (χ3n) is 5.60. The number of benzene rings is 1. The lowest BCUT2D eigenvalue weighted by Crippen LogP contribution is -2.47. The van der Waals surface area contributed by atoms with Crippen LogP contribution in [0.25, 0.3) is 11.1 Å². The monoisotopic (exact) mass is 399 g/mol. The molecule has 0 saturated carbocycles. The van der Waals surface area contributed by atoms with Crippen LogP contribution in [-0.4, -0.2) is 65.1 Å². The molecule has 1 aromatic heterocycles. The minimum absolute atomic E-state index is 0.0632. The number of nitrogen functional groups attached to an aromatic ring is 1. The smallest absolute Gasteiger partial charge is 0.237 e. The molecule has 29 heavy (non-hydrogen) atoms. The number of amides is 1. The average Bonchev–Trinajstić information content (AvgIpc) is 2.75. The summed E-state index contributed by atoms with van der Waals surface area (Å²) in [6.45, 7) is 3.83. The third-order valence-corrected chi connectivity index (χ3v) is 5.60. The van der Waals surface area contributed by atoms with E-state index in [0.717, 1.165) is 32.4 Å². The summed E-state index contributed by atoms with van der Waals surface area (Å²) in [6.07, 6.45) is 4.26. The zero-order chi connectivity index (χ0) is 20.2. The first-order valence-electron chi connectivity index (χ1n) is 10.1. The number of hydrogen-bond donors (Lipinski definition) is 1. The van der Waals surface area contributed by atoms with E-state index in [0.29, 0.717) is 43.1 Å². The Labute approximate surface area is 169 Å². The van der Waals surface area contributed by atoms with Crippen LogP contribution in [0.5, 0.6) is 0 Å². The van der Waals surface area contributed by atoms with Gasteiger partial charge in [-0.05, 0) is 25.3 Å². The highest BCUT2D eigenvalue weighted by atomic mass is 19.1. The van der Waals surface area contributed by atoms with Crippen molar-refractivity contribution in [1.29, 1.82) is 0 Å². The number of likely N-dealkylation sites (tertiary alicyclic amines) is 1. The van der Waals surface area contributed by atoms with Crippen LogP contribution in [0.2, 0.25) is 0 Å². The number of morpholine rings is 1. The van der Waals surface area contributed by atoms with E-state index in [1.807, 2.05) is 4.90 Å². The van der Waals surface area contributed by atoms with Gasteiger partial charge in [-0.3, -0.25) is 9.69 Å². The lowest BCUT2D eigenvalue weighted by atomic mass is 9.93. The van der Waals surface area contributed by atoms with Gasteiger partial charge in [-0.1, -0.05) is 18.2 Å². The minimum Gasteiger partial charge on any atom is -0.379 e. The van der Waals surface area contributed by atoms with Crippen molar-refractivity contribution >= 4 is 11.9 Å². The molecule has 2 N–H and O–H groups in total. The van der Waals surface area contributed by atoms with Gasteiger partial charge in [0.1, 0.15) is 5.82 Å². The van der Waals surface area contributed by atoms with Gasteiger partial charge in [0.25, 0.3) is 0 Å². The molecule has 2 aliphatic rings. The van der Waals surface area contributed by atoms with Crippen molar-refractivity contribution in [2.45, 2.75) is 25.3 Å². The van der Waals surface area contributed by atoms with Crippen LogP contribution in [0.1, 0.15) is 31.0 Å². The molecule has 8 heteroatoms. The first-order valence-corrected chi connectivity index (χ1v) is 10.1. The second kappa shape index (κ2) is 8.84. The molecule has 2 saturated heterocycles. The van der Waals surface area contributed by atoms with Gasteiger partial charge in [0, 0.05) is 37.0 Å². The number of ether oxygens (including phenoxy) is 1. The maximum Gasteiger partial charge on any atom is 0.237 e. The summed E-state index contributed by atoms with van der Waals surface area (Å²) in [6, 6.07) is 6.31. The molecule has 4 rings (SSSR count). The number of carbonyl (C=O) groups excluding carboxylic acids is 1. The van der Waals surface area contributed by atoms with Gasteiger partial charge < -0.3 is 15.4 Å². The maximum absolute atomic E-state index is 14.5. The Morgan fingerprint density at radius 3 is 2.76 bits per heavy atom. The van der Waals surface area contributed by atoms with Crippen molar-refractivity contribution in [3.63, 3.8) is 0 Å². The Morgan fingerprint density at radius 2 is 1.97 bits per heavy atom. The SMILES string of the molecule is Nc1ncc(-c2ccccc2F)c(C2CCCCN2C(=O)CN2CCOCC2)n1. The molecule has 3 heterocycles. The van der Waals surface area contributed by atoms with Crippen molar-refractivity contribution in [3.8, 4) is 11.1 Å². The van der Waals surface area contributed by atoms with Gasteiger partial charge in [-0.15, -0.1) is 0 Å². The molecule has 2 aromatic rings. The molecule has 1 atom stereocenters. The Morgan fingerprint density at radius 1 is 1.17 bits per heavy atom. The molecule has 1 aromatic carbocycles. The quantitative estimate of drug-likeness (QED) is 0.849. The van der Waals surface area contributed by atoms with E-state index in [1.54, 1.807) is 24.4 Å². The van der Waals surface area contributed by atoms with E-state index < -0.39 is 0 Å². The minimum atomic E-state index is -0.343. The zero-order valence-electron chi connectivity index (χ0n) is 16.4. The Hall–Kier alpha value is -2.58. The Bertz CT molecular complexity index is 872. The molecule has 1 amide bonds. The molecule has 0 aliphatic carbocycles. The highest BCUT2D eigenvalue weighted by Gasteiger charge is 2.32. The first-order chi connectivity index (χ1) is 14.1. The lowest BCUT2D eigenvalue weighted by molar-refractivity contribution is -0.137. The van der Waals surface area contributed by atoms with Crippen molar-refractivity contribution < 1.29 is 13.9 Å². The summed E-state index contributed by atoms with van der Waals surface area (Å²) in [5, 5.41) is 0. The van der Waals surface area contributed by atoms with Crippen molar-refractivity contribution in [3.05, 3.63) is 42.0 Å². The van der Waals surface area contributed by atoms with E-state index in [2.05, 4.69) is 14.9 Å². The predicted octanol–water partition coefficient (Wildman–Crippen LogP) is 2.25. The number of carbonyl (C=O) groups is 1. The average molecular weight is 399 g/mol. The lowest BCUT2D eigenvalue weighted by Gasteiger charge is -2.38. The summed E-state index contributed by atoms with van der Waals surface area (Å²) < 4.78 is 19.9. The fourth-order valence-electron chi connectivity index (χ4n) is 4.11. The van der Waals surface area contributed by atoms with Crippen LogP contribution in [0.3, 0.4) is 0 Å². The first kappa shape index (κ1) is 19.7. The van der Waals surface area contributed by atoms with Crippen LogP contribution in [0.4, 0.5) is 10.3 Å². The summed E-state index contributed by atoms with van der Waals surface area (Å²) in [4.78, 5) is 25.7. The molecule has 0 radical (unpaired) electrons. The van der Waals surface area contributed by atoms with E-state index in [-0.39, 0.29) is 23.7 Å². The largest absolute Gasteiger partial charge is 0.379 e. The van der Waals surface area contributed by atoms with Gasteiger partial charge in [-0.2, -0.15) is 0 Å². The van der Waals surface area contributed by atoms with E-state index in [9.17, 15) is 9.18 Å². The number of nitrogens with two attached hydrogens (primary N) is 1. The number of nitrogens with zero attached hydrogens (tertiary/aromatic N) is 4.